The minimum absolute atomic E-state index is 0.251. The average molecular weight is 355 g/mol. The monoisotopic (exact) mass is 355 g/mol. The van der Waals surface area contributed by atoms with Crippen molar-refractivity contribution in [2.24, 2.45) is 5.92 Å². The number of aromatic nitrogens is 1. The molecule has 0 aliphatic carbocycles. The highest BCUT2D eigenvalue weighted by atomic mass is 16.6. The third kappa shape index (κ3) is 4.65. The average Bonchev–Trinajstić information content (AvgIpc) is 2.60. The van der Waals surface area contributed by atoms with Gasteiger partial charge in [0.1, 0.15) is 11.4 Å². The van der Waals surface area contributed by atoms with E-state index in [4.69, 9.17) is 9.72 Å². The molecule has 0 spiro atoms. The fraction of sp³-hybridized carbons (Fsp3) is 0.524. The van der Waals surface area contributed by atoms with Gasteiger partial charge in [0.15, 0.2) is 0 Å². The third-order valence-corrected chi connectivity index (χ3v) is 4.66. The van der Waals surface area contributed by atoms with Gasteiger partial charge in [0.2, 0.25) is 0 Å². The van der Waals surface area contributed by atoms with E-state index in [0.717, 1.165) is 42.7 Å². The summed E-state index contributed by atoms with van der Waals surface area (Å²) in [6, 6.07) is 12.4. The number of hydrogen-bond donors (Lipinski definition) is 0. The van der Waals surface area contributed by atoms with Crippen LogP contribution in [0.4, 0.5) is 10.6 Å². The number of para-hydroxylation sites is 1. The Kier molecular flexibility index (Phi) is 5.35. The Hall–Kier alpha value is -2.30. The summed E-state index contributed by atoms with van der Waals surface area (Å²) in [5, 5.41) is 1.16. The molecule has 2 aromatic rings. The number of rotatable bonds is 3. The molecular weight excluding hydrogens is 326 g/mol. The second-order valence-corrected chi connectivity index (χ2v) is 8.18. The van der Waals surface area contributed by atoms with Crippen LogP contribution in [0.25, 0.3) is 10.9 Å². The van der Waals surface area contributed by atoms with Crippen molar-refractivity contribution >= 4 is 22.8 Å². The normalized spacial score (nSPS) is 18.0. The van der Waals surface area contributed by atoms with Gasteiger partial charge in [-0.3, -0.25) is 0 Å². The first-order valence-corrected chi connectivity index (χ1v) is 9.37. The van der Waals surface area contributed by atoms with Gasteiger partial charge in [-0.15, -0.1) is 0 Å². The van der Waals surface area contributed by atoms with Crippen LogP contribution in [0.1, 0.15) is 33.6 Å². The van der Waals surface area contributed by atoms with Gasteiger partial charge in [-0.25, -0.2) is 9.78 Å². The number of hydrogen-bond acceptors (Lipinski definition) is 4. The molecule has 26 heavy (non-hydrogen) atoms. The maximum atomic E-state index is 12.2. The summed E-state index contributed by atoms with van der Waals surface area (Å²) in [7, 11) is 1.82. The number of piperidine rings is 1. The summed E-state index contributed by atoms with van der Waals surface area (Å²) < 4.78 is 5.46. The van der Waals surface area contributed by atoms with E-state index in [1.807, 2.05) is 40.0 Å². The summed E-state index contributed by atoms with van der Waals surface area (Å²) >= 11 is 0. The molecule has 2 heterocycles. The quantitative estimate of drug-likeness (QED) is 0.823. The van der Waals surface area contributed by atoms with Crippen LogP contribution >= 0.6 is 0 Å². The van der Waals surface area contributed by atoms with Gasteiger partial charge in [-0.1, -0.05) is 18.2 Å². The van der Waals surface area contributed by atoms with E-state index in [-0.39, 0.29) is 6.09 Å². The van der Waals surface area contributed by atoms with Crippen LogP contribution in [-0.4, -0.2) is 48.3 Å². The Morgan fingerprint density at radius 3 is 2.81 bits per heavy atom. The zero-order chi connectivity index (χ0) is 18.7. The van der Waals surface area contributed by atoms with E-state index in [2.05, 4.69) is 29.2 Å². The molecule has 0 N–H and O–H groups in total. The number of amides is 1. The van der Waals surface area contributed by atoms with E-state index in [1.54, 1.807) is 4.90 Å². The van der Waals surface area contributed by atoms with Crippen LogP contribution in [0.2, 0.25) is 0 Å². The Bertz CT molecular complexity index is 769. The van der Waals surface area contributed by atoms with Gasteiger partial charge in [0.05, 0.1) is 5.52 Å². The maximum absolute atomic E-state index is 12.2. The van der Waals surface area contributed by atoms with Crippen molar-refractivity contribution in [1.82, 2.24) is 9.88 Å². The van der Waals surface area contributed by atoms with Gasteiger partial charge in [0, 0.05) is 32.1 Å². The van der Waals surface area contributed by atoms with Crippen molar-refractivity contribution in [1.29, 1.82) is 0 Å². The van der Waals surface area contributed by atoms with Crippen LogP contribution < -0.4 is 4.90 Å². The van der Waals surface area contributed by atoms with Crippen molar-refractivity contribution < 1.29 is 9.53 Å². The Labute approximate surface area is 156 Å². The molecule has 5 heteroatoms. The molecule has 3 rings (SSSR count). The molecule has 1 fully saturated rings. The van der Waals surface area contributed by atoms with Gasteiger partial charge >= 0.3 is 6.09 Å². The zero-order valence-corrected chi connectivity index (χ0v) is 16.2. The molecule has 1 unspecified atom stereocenters. The first kappa shape index (κ1) is 18.5. The number of anilines is 1. The lowest BCUT2D eigenvalue weighted by molar-refractivity contribution is 0.0269. The molecule has 0 saturated carbocycles. The predicted octanol–water partition coefficient (Wildman–Crippen LogP) is 4.32. The molecule has 140 valence electrons. The third-order valence-electron chi connectivity index (χ3n) is 4.66. The molecular formula is C21H29N3O2. The second kappa shape index (κ2) is 7.52. The van der Waals surface area contributed by atoms with Crippen LogP contribution in [-0.2, 0) is 4.74 Å². The molecule has 1 amide bonds. The largest absolute Gasteiger partial charge is 0.444 e. The minimum Gasteiger partial charge on any atom is -0.444 e. The number of fused-ring (bicyclic) bond motifs is 1. The van der Waals surface area contributed by atoms with Gasteiger partial charge < -0.3 is 14.5 Å². The lowest BCUT2D eigenvalue weighted by Crippen LogP contribution is -2.43. The molecule has 0 radical (unpaired) electrons. The smallest absolute Gasteiger partial charge is 0.410 e. The molecule has 1 aliphatic rings. The van der Waals surface area contributed by atoms with Crippen molar-refractivity contribution in [2.45, 2.75) is 39.2 Å². The van der Waals surface area contributed by atoms with Crippen molar-refractivity contribution in [3.63, 3.8) is 0 Å². The standard InChI is InChI=1S/C21H29N3O2/c1-21(2,3)26-20(25)23(4)14-16-8-7-13-24(15-16)19-12-11-17-9-5-6-10-18(17)22-19/h5-6,9-12,16H,7-8,13-15H2,1-4H3. The van der Waals surface area contributed by atoms with E-state index in [9.17, 15) is 4.79 Å². The Morgan fingerprint density at radius 2 is 2.04 bits per heavy atom. The number of ether oxygens (including phenoxy) is 1. The number of pyridine rings is 1. The summed E-state index contributed by atoms with van der Waals surface area (Å²) in [6.45, 7) is 8.32. The number of benzene rings is 1. The number of carbonyl (C=O) groups is 1. The lowest BCUT2D eigenvalue weighted by Gasteiger charge is -2.35. The highest BCUT2D eigenvalue weighted by molar-refractivity contribution is 5.80. The van der Waals surface area contributed by atoms with Crippen LogP contribution in [0.3, 0.4) is 0 Å². The van der Waals surface area contributed by atoms with Gasteiger partial charge in [0.25, 0.3) is 0 Å². The number of nitrogens with zero attached hydrogens (tertiary/aromatic N) is 3. The molecule has 1 atom stereocenters. The Morgan fingerprint density at radius 1 is 1.27 bits per heavy atom. The Balaban J connectivity index is 1.64. The molecule has 1 aromatic carbocycles. The van der Waals surface area contributed by atoms with Crippen LogP contribution in [0.15, 0.2) is 36.4 Å². The fourth-order valence-corrected chi connectivity index (χ4v) is 3.46. The fourth-order valence-electron chi connectivity index (χ4n) is 3.46. The number of carbonyl (C=O) groups excluding carboxylic acids is 1. The van der Waals surface area contributed by atoms with E-state index < -0.39 is 5.60 Å². The first-order chi connectivity index (χ1) is 12.3. The first-order valence-electron chi connectivity index (χ1n) is 9.37. The molecule has 0 bridgehead atoms. The highest BCUT2D eigenvalue weighted by Crippen LogP contribution is 2.24. The van der Waals surface area contributed by atoms with E-state index in [0.29, 0.717) is 12.5 Å². The minimum atomic E-state index is -0.459. The second-order valence-electron chi connectivity index (χ2n) is 8.18. The molecule has 1 aromatic heterocycles. The highest BCUT2D eigenvalue weighted by Gasteiger charge is 2.26. The maximum Gasteiger partial charge on any atom is 0.410 e. The molecule has 1 aliphatic heterocycles. The van der Waals surface area contributed by atoms with Gasteiger partial charge in [-0.2, -0.15) is 0 Å². The SMILES string of the molecule is CN(CC1CCCN(c2ccc3ccccc3n2)C1)C(=O)OC(C)(C)C. The molecule has 1 saturated heterocycles. The van der Waals surface area contributed by atoms with Crippen molar-refractivity contribution in [2.75, 3.05) is 31.6 Å². The summed E-state index contributed by atoms with van der Waals surface area (Å²) in [5.41, 5.74) is 0.567. The van der Waals surface area contributed by atoms with Crippen molar-refractivity contribution in [3.8, 4) is 0 Å². The summed E-state index contributed by atoms with van der Waals surface area (Å²) in [5.74, 6) is 1.45. The van der Waals surface area contributed by atoms with E-state index in [1.165, 1.54) is 0 Å². The zero-order valence-electron chi connectivity index (χ0n) is 16.2. The van der Waals surface area contributed by atoms with Crippen molar-refractivity contribution in [3.05, 3.63) is 36.4 Å². The van der Waals surface area contributed by atoms with Crippen LogP contribution in [0, 0.1) is 5.92 Å². The summed E-state index contributed by atoms with van der Waals surface area (Å²) in [6.07, 6.45) is 1.98. The topological polar surface area (TPSA) is 45.7 Å². The van der Waals surface area contributed by atoms with E-state index >= 15 is 0 Å². The van der Waals surface area contributed by atoms with Gasteiger partial charge in [-0.05, 0) is 57.7 Å². The lowest BCUT2D eigenvalue weighted by atomic mass is 9.97. The predicted molar refractivity (Wildman–Crippen MR) is 106 cm³/mol. The summed E-state index contributed by atoms with van der Waals surface area (Å²) in [4.78, 5) is 21.1. The molecule has 5 nitrogen and oxygen atoms in total. The van der Waals surface area contributed by atoms with Crippen LogP contribution in [0.5, 0.6) is 0 Å².